The lowest BCUT2D eigenvalue weighted by atomic mass is 10.1. The lowest BCUT2D eigenvalue weighted by molar-refractivity contribution is -0.138. The van der Waals surface area contributed by atoms with Crippen LogP contribution < -0.4 is 5.73 Å². The molecular formula is C7H8BrNO2S. The van der Waals surface area contributed by atoms with Crippen molar-refractivity contribution < 1.29 is 9.90 Å². The molecular weight excluding hydrogens is 242 g/mol. The zero-order valence-corrected chi connectivity index (χ0v) is 8.56. The van der Waals surface area contributed by atoms with Crippen molar-refractivity contribution >= 4 is 33.2 Å². The van der Waals surface area contributed by atoms with E-state index in [9.17, 15) is 4.79 Å². The maximum Gasteiger partial charge on any atom is 0.320 e. The van der Waals surface area contributed by atoms with Crippen molar-refractivity contribution in [3.63, 3.8) is 0 Å². The van der Waals surface area contributed by atoms with Gasteiger partial charge in [0.1, 0.15) is 6.04 Å². The fraction of sp³-hybridized carbons (Fsp3) is 0.286. The zero-order valence-electron chi connectivity index (χ0n) is 6.16. The second-order valence-electron chi connectivity index (χ2n) is 2.41. The lowest BCUT2D eigenvalue weighted by Gasteiger charge is -2.02. The van der Waals surface area contributed by atoms with E-state index in [0.29, 0.717) is 6.42 Å². The lowest BCUT2D eigenvalue weighted by Crippen LogP contribution is -2.32. The van der Waals surface area contributed by atoms with Gasteiger partial charge in [-0.15, -0.1) is 11.3 Å². The molecule has 0 unspecified atom stereocenters. The minimum atomic E-state index is -0.961. The van der Waals surface area contributed by atoms with Gasteiger partial charge in [0, 0.05) is 0 Å². The van der Waals surface area contributed by atoms with Gasteiger partial charge in [0.25, 0.3) is 0 Å². The molecule has 66 valence electrons. The Morgan fingerprint density at radius 1 is 1.83 bits per heavy atom. The van der Waals surface area contributed by atoms with Crippen LogP contribution in [0, 0.1) is 0 Å². The largest absolute Gasteiger partial charge is 0.480 e. The zero-order chi connectivity index (χ0) is 9.14. The summed E-state index contributed by atoms with van der Waals surface area (Å²) in [5, 5.41) is 10.4. The van der Waals surface area contributed by atoms with Crippen molar-refractivity contribution in [1.82, 2.24) is 0 Å². The highest BCUT2D eigenvalue weighted by Gasteiger charge is 2.12. The Balaban J connectivity index is 2.58. The van der Waals surface area contributed by atoms with Gasteiger partial charge in [-0.1, -0.05) is 0 Å². The summed E-state index contributed by atoms with van der Waals surface area (Å²) in [4.78, 5) is 10.4. The molecule has 0 aliphatic heterocycles. The smallest absolute Gasteiger partial charge is 0.320 e. The molecule has 1 heterocycles. The summed E-state index contributed by atoms with van der Waals surface area (Å²) in [5.74, 6) is -0.961. The summed E-state index contributed by atoms with van der Waals surface area (Å²) in [5.41, 5.74) is 6.31. The van der Waals surface area contributed by atoms with Gasteiger partial charge in [0.2, 0.25) is 0 Å². The molecule has 0 aliphatic rings. The van der Waals surface area contributed by atoms with E-state index in [2.05, 4.69) is 15.9 Å². The maximum atomic E-state index is 10.4. The van der Waals surface area contributed by atoms with Crippen LogP contribution in [0.4, 0.5) is 0 Å². The number of carbonyl (C=O) groups is 1. The summed E-state index contributed by atoms with van der Waals surface area (Å²) < 4.78 is 0.995. The first-order valence-electron chi connectivity index (χ1n) is 3.31. The summed E-state index contributed by atoms with van der Waals surface area (Å²) >= 11 is 4.82. The Hall–Kier alpha value is -0.390. The number of thiophene rings is 1. The van der Waals surface area contributed by atoms with Gasteiger partial charge < -0.3 is 10.8 Å². The van der Waals surface area contributed by atoms with E-state index in [1.54, 1.807) is 0 Å². The Kier molecular flexibility index (Phi) is 3.25. The van der Waals surface area contributed by atoms with Crippen LogP contribution in [0.25, 0.3) is 0 Å². The van der Waals surface area contributed by atoms with Gasteiger partial charge in [0.15, 0.2) is 0 Å². The molecule has 1 aromatic heterocycles. The first-order chi connectivity index (χ1) is 5.59. The van der Waals surface area contributed by atoms with Crippen molar-refractivity contribution in [2.24, 2.45) is 5.73 Å². The molecule has 12 heavy (non-hydrogen) atoms. The number of hydrogen-bond acceptors (Lipinski definition) is 3. The van der Waals surface area contributed by atoms with Crippen LogP contribution in [0.1, 0.15) is 5.56 Å². The van der Waals surface area contributed by atoms with E-state index in [-0.39, 0.29) is 0 Å². The van der Waals surface area contributed by atoms with Crippen molar-refractivity contribution in [1.29, 1.82) is 0 Å². The second kappa shape index (κ2) is 4.02. The van der Waals surface area contributed by atoms with Gasteiger partial charge in [-0.25, -0.2) is 0 Å². The molecule has 1 atom stereocenters. The van der Waals surface area contributed by atoms with E-state index in [1.807, 2.05) is 11.4 Å². The average Bonchev–Trinajstić information content (AvgIpc) is 2.35. The van der Waals surface area contributed by atoms with Gasteiger partial charge in [-0.3, -0.25) is 4.79 Å². The molecule has 0 saturated carbocycles. The molecule has 3 nitrogen and oxygen atoms in total. The molecule has 0 aromatic carbocycles. The van der Waals surface area contributed by atoms with Crippen LogP contribution in [0.15, 0.2) is 15.2 Å². The standard InChI is InChI=1S/C7H8BrNO2S/c8-6-2-4(3-12-6)1-5(9)7(10)11/h2-3,5H,1,9H2,(H,10,11)/t5-/m0/s1. The van der Waals surface area contributed by atoms with Crippen molar-refractivity contribution in [2.75, 3.05) is 0 Å². The highest BCUT2D eigenvalue weighted by Crippen LogP contribution is 2.21. The molecule has 0 amide bonds. The van der Waals surface area contributed by atoms with Crippen LogP contribution in [0.3, 0.4) is 0 Å². The first-order valence-corrected chi connectivity index (χ1v) is 4.98. The predicted molar refractivity (Wildman–Crippen MR) is 51.3 cm³/mol. The number of rotatable bonds is 3. The molecule has 0 bridgehead atoms. The highest BCUT2D eigenvalue weighted by atomic mass is 79.9. The summed E-state index contributed by atoms with van der Waals surface area (Å²) in [7, 11) is 0. The van der Waals surface area contributed by atoms with Gasteiger partial charge in [0.05, 0.1) is 3.79 Å². The van der Waals surface area contributed by atoms with E-state index in [1.165, 1.54) is 11.3 Å². The van der Waals surface area contributed by atoms with Crippen molar-refractivity contribution in [2.45, 2.75) is 12.5 Å². The van der Waals surface area contributed by atoms with Crippen LogP contribution >= 0.6 is 27.3 Å². The third kappa shape index (κ3) is 2.58. The highest BCUT2D eigenvalue weighted by molar-refractivity contribution is 9.11. The minimum Gasteiger partial charge on any atom is -0.480 e. The van der Waals surface area contributed by atoms with E-state index < -0.39 is 12.0 Å². The molecule has 0 fully saturated rings. The summed E-state index contributed by atoms with van der Waals surface area (Å²) in [6.45, 7) is 0. The monoisotopic (exact) mass is 249 g/mol. The molecule has 0 radical (unpaired) electrons. The molecule has 5 heteroatoms. The van der Waals surface area contributed by atoms with Crippen LogP contribution in [0.5, 0.6) is 0 Å². The van der Waals surface area contributed by atoms with Crippen molar-refractivity contribution in [3.05, 3.63) is 20.8 Å². The van der Waals surface area contributed by atoms with Gasteiger partial charge in [-0.2, -0.15) is 0 Å². The molecule has 1 rings (SSSR count). The molecule has 3 N–H and O–H groups in total. The van der Waals surface area contributed by atoms with Gasteiger partial charge >= 0.3 is 5.97 Å². The Bertz CT molecular complexity index is 287. The fourth-order valence-corrected chi connectivity index (χ4v) is 2.02. The number of halogens is 1. The van der Waals surface area contributed by atoms with E-state index >= 15 is 0 Å². The van der Waals surface area contributed by atoms with Crippen LogP contribution in [-0.2, 0) is 11.2 Å². The SMILES string of the molecule is N[C@@H](Cc1csc(Br)c1)C(=O)O. The topological polar surface area (TPSA) is 63.3 Å². The summed E-state index contributed by atoms with van der Waals surface area (Å²) in [6, 6.07) is 1.08. The quantitative estimate of drug-likeness (QED) is 0.853. The predicted octanol–water partition coefficient (Wildman–Crippen LogP) is 1.47. The molecule has 0 spiro atoms. The van der Waals surface area contributed by atoms with Crippen molar-refractivity contribution in [3.8, 4) is 0 Å². The number of carboxylic acids is 1. The Morgan fingerprint density at radius 2 is 2.50 bits per heavy atom. The molecule has 0 saturated heterocycles. The minimum absolute atomic E-state index is 0.386. The Labute approximate surface area is 82.3 Å². The normalized spacial score (nSPS) is 12.8. The van der Waals surface area contributed by atoms with Crippen LogP contribution in [0.2, 0.25) is 0 Å². The number of nitrogens with two attached hydrogens (primary N) is 1. The van der Waals surface area contributed by atoms with E-state index in [4.69, 9.17) is 10.8 Å². The second-order valence-corrected chi connectivity index (χ2v) is 4.70. The van der Waals surface area contributed by atoms with Gasteiger partial charge in [-0.05, 0) is 39.4 Å². The summed E-state index contributed by atoms with van der Waals surface area (Å²) in [6.07, 6.45) is 0.386. The molecule has 0 aliphatic carbocycles. The third-order valence-electron chi connectivity index (χ3n) is 1.39. The molecule has 1 aromatic rings. The number of hydrogen-bond donors (Lipinski definition) is 2. The Morgan fingerprint density at radius 3 is 2.92 bits per heavy atom. The number of aliphatic carboxylic acids is 1. The van der Waals surface area contributed by atoms with E-state index in [0.717, 1.165) is 9.35 Å². The average molecular weight is 250 g/mol. The first kappa shape index (κ1) is 9.70. The number of carboxylic acid groups (broad SMARTS) is 1. The fourth-order valence-electron chi connectivity index (χ4n) is 0.794. The third-order valence-corrected chi connectivity index (χ3v) is 2.95. The maximum absolute atomic E-state index is 10.4. The van der Waals surface area contributed by atoms with Crippen LogP contribution in [-0.4, -0.2) is 17.1 Å².